The quantitative estimate of drug-likeness (QED) is 0.817. The Hall–Kier alpha value is -1.42. The largest absolute Gasteiger partial charge is 0.395 e. The van der Waals surface area contributed by atoms with Crippen LogP contribution in [-0.2, 0) is 10.0 Å². The van der Waals surface area contributed by atoms with Crippen molar-refractivity contribution in [1.82, 2.24) is 9.71 Å². The summed E-state index contributed by atoms with van der Waals surface area (Å²) in [5, 5.41) is 8.65. The monoisotopic (exact) mass is 296 g/mol. The van der Waals surface area contributed by atoms with E-state index < -0.39 is 10.0 Å². The lowest BCUT2D eigenvalue weighted by atomic mass is 9.98. The second-order valence-electron chi connectivity index (χ2n) is 5.57. The van der Waals surface area contributed by atoms with E-state index in [1.807, 2.05) is 20.8 Å². The molecular formula is C14H20N2O3S. The van der Waals surface area contributed by atoms with Crippen LogP contribution in [0.15, 0.2) is 23.4 Å². The molecule has 0 aliphatic heterocycles. The van der Waals surface area contributed by atoms with Crippen LogP contribution in [-0.4, -0.2) is 31.7 Å². The highest BCUT2D eigenvalue weighted by Gasteiger charge is 2.18. The van der Waals surface area contributed by atoms with E-state index in [1.54, 1.807) is 0 Å². The van der Waals surface area contributed by atoms with Crippen molar-refractivity contribution in [3.63, 3.8) is 0 Å². The summed E-state index contributed by atoms with van der Waals surface area (Å²) in [6, 6.07) is 1.47. The van der Waals surface area contributed by atoms with Gasteiger partial charge in [-0.2, -0.15) is 0 Å². The molecule has 1 aromatic rings. The van der Waals surface area contributed by atoms with Gasteiger partial charge in [0.2, 0.25) is 10.0 Å². The number of pyridine rings is 1. The van der Waals surface area contributed by atoms with Gasteiger partial charge in [0.05, 0.1) is 6.61 Å². The average molecular weight is 296 g/mol. The summed E-state index contributed by atoms with van der Waals surface area (Å²) in [6.07, 6.45) is 3.13. The van der Waals surface area contributed by atoms with Crippen molar-refractivity contribution in [2.75, 3.05) is 13.2 Å². The SMILES string of the molecule is CC(C)(C)CNS(=O)(=O)c1cncc(C#CCCO)c1. The molecule has 0 saturated heterocycles. The van der Waals surface area contributed by atoms with Crippen molar-refractivity contribution in [3.8, 4) is 11.8 Å². The zero-order chi connectivity index (χ0) is 15.2. The van der Waals surface area contributed by atoms with Gasteiger partial charge in [-0.15, -0.1) is 0 Å². The Morgan fingerprint density at radius 1 is 1.35 bits per heavy atom. The maximum atomic E-state index is 12.1. The highest BCUT2D eigenvalue weighted by molar-refractivity contribution is 7.89. The molecule has 2 N–H and O–H groups in total. The van der Waals surface area contributed by atoms with Crippen LogP contribution in [0.2, 0.25) is 0 Å². The van der Waals surface area contributed by atoms with Gasteiger partial charge in [0, 0.05) is 30.9 Å². The Morgan fingerprint density at radius 2 is 2.05 bits per heavy atom. The Balaban J connectivity index is 2.91. The topological polar surface area (TPSA) is 79.3 Å². The number of nitrogens with zero attached hydrogens (tertiary/aromatic N) is 1. The van der Waals surface area contributed by atoms with Crippen molar-refractivity contribution in [2.24, 2.45) is 5.41 Å². The van der Waals surface area contributed by atoms with Gasteiger partial charge in [-0.05, 0) is 11.5 Å². The maximum Gasteiger partial charge on any atom is 0.242 e. The summed E-state index contributed by atoms with van der Waals surface area (Å²) in [5.41, 5.74) is 0.371. The minimum absolute atomic E-state index is 0.0223. The van der Waals surface area contributed by atoms with E-state index in [1.165, 1.54) is 18.5 Å². The van der Waals surface area contributed by atoms with Crippen LogP contribution in [0.5, 0.6) is 0 Å². The number of sulfonamides is 1. The van der Waals surface area contributed by atoms with E-state index in [9.17, 15) is 8.42 Å². The molecule has 0 saturated carbocycles. The van der Waals surface area contributed by atoms with Crippen molar-refractivity contribution in [2.45, 2.75) is 32.1 Å². The number of rotatable bonds is 4. The van der Waals surface area contributed by atoms with Crippen LogP contribution in [0, 0.1) is 17.3 Å². The maximum absolute atomic E-state index is 12.1. The third kappa shape index (κ3) is 5.70. The molecule has 0 amide bonds. The normalized spacial score (nSPS) is 11.8. The molecule has 20 heavy (non-hydrogen) atoms. The van der Waals surface area contributed by atoms with Crippen LogP contribution < -0.4 is 4.72 Å². The lowest BCUT2D eigenvalue weighted by molar-refractivity contribution is 0.305. The number of aromatic nitrogens is 1. The zero-order valence-electron chi connectivity index (χ0n) is 12.0. The molecule has 0 aliphatic carbocycles. The molecule has 0 radical (unpaired) electrons. The van der Waals surface area contributed by atoms with E-state index >= 15 is 0 Å². The Bertz CT molecular complexity index is 607. The van der Waals surface area contributed by atoms with Gasteiger partial charge in [-0.3, -0.25) is 4.98 Å². The molecule has 110 valence electrons. The van der Waals surface area contributed by atoms with Crippen LogP contribution in [0.4, 0.5) is 0 Å². The predicted octanol–water partition coefficient (Wildman–Crippen LogP) is 1.14. The first kappa shape index (κ1) is 16.6. The van der Waals surface area contributed by atoms with Gasteiger partial charge >= 0.3 is 0 Å². The van der Waals surface area contributed by atoms with Crippen molar-refractivity contribution in [1.29, 1.82) is 0 Å². The lowest BCUT2D eigenvalue weighted by Gasteiger charge is -2.18. The molecular weight excluding hydrogens is 276 g/mol. The number of hydrogen-bond donors (Lipinski definition) is 2. The molecule has 0 atom stereocenters. The first-order chi connectivity index (χ1) is 9.24. The molecule has 0 unspecified atom stereocenters. The van der Waals surface area contributed by atoms with E-state index in [2.05, 4.69) is 21.5 Å². The van der Waals surface area contributed by atoms with Crippen molar-refractivity contribution in [3.05, 3.63) is 24.0 Å². The number of hydrogen-bond acceptors (Lipinski definition) is 4. The molecule has 1 heterocycles. The zero-order valence-corrected chi connectivity index (χ0v) is 12.8. The van der Waals surface area contributed by atoms with E-state index in [0.717, 1.165) is 0 Å². The molecule has 0 bridgehead atoms. The van der Waals surface area contributed by atoms with Crippen molar-refractivity contribution < 1.29 is 13.5 Å². The van der Waals surface area contributed by atoms with Gasteiger partial charge in [0.1, 0.15) is 4.90 Å². The summed E-state index contributed by atoms with van der Waals surface area (Å²) in [5.74, 6) is 5.50. The standard InChI is InChI=1S/C14H20N2O3S/c1-14(2,3)11-16-20(18,19)13-8-12(9-15-10-13)6-4-5-7-17/h8-10,16-17H,5,7,11H2,1-3H3. The van der Waals surface area contributed by atoms with Gasteiger partial charge in [0.25, 0.3) is 0 Å². The average Bonchev–Trinajstić information content (AvgIpc) is 2.37. The summed E-state index contributed by atoms with van der Waals surface area (Å²) in [7, 11) is -3.58. The van der Waals surface area contributed by atoms with Crippen LogP contribution >= 0.6 is 0 Å². The number of aliphatic hydroxyl groups is 1. The smallest absolute Gasteiger partial charge is 0.242 e. The Morgan fingerprint density at radius 3 is 2.65 bits per heavy atom. The number of aliphatic hydroxyl groups excluding tert-OH is 1. The summed E-state index contributed by atoms with van der Waals surface area (Å²) in [4.78, 5) is 3.98. The molecule has 0 aliphatic rings. The second kappa shape index (κ2) is 6.84. The molecule has 1 aromatic heterocycles. The molecule has 0 fully saturated rings. The summed E-state index contributed by atoms with van der Waals surface area (Å²) >= 11 is 0. The summed E-state index contributed by atoms with van der Waals surface area (Å²) in [6.45, 7) is 6.17. The van der Waals surface area contributed by atoms with E-state index in [4.69, 9.17) is 5.11 Å². The van der Waals surface area contributed by atoms with Crippen LogP contribution in [0.25, 0.3) is 0 Å². The molecule has 6 heteroatoms. The fourth-order valence-electron chi connectivity index (χ4n) is 1.25. The highest BCUT2D eigenvalue weighted by Crippen LogP contribution is 2.14. The third-order valence-corrected chi connectivity index (χ3v) is 3.65. The molecule has 0 aromatic carbocycles. The van der Waals surface area contributed by atoms with Crippen LogP contribution in [0.1, 0.15) is 32.8 Å². The lowest BCUT2D eigenvalue weighted by Crippen LogP contribution is -2.32. The highest BCUT2D eigenvalue weighted by atomic mass is 32.2. The minimum atomic E-state index is -3.58. The van der Waals surface area contributed by atoms with Crippen molar-refractivity contribution >= 4 is 10.0 Å². The number of nitrogens with one attached hydrogen (secondary N) is 1. The fourth-order valence-corrected chi connectivity index (χ4v) is 2.52. The van der Waals surface area contributed by atoms with Gasteiger partial charge < -0.3 is 5.11 Å². The Labute approximate surface area is 120 Å². The Kier molecular flexibility index (Phi) is 5.69. The van der Waals surface area contributed by atoms with Gasteiger partial charge in [0.15, 0.2) is 0 Å². The summed E-state index contributed by atoms with van der Waals surface area (Å²) < 4.78 is 26.8. The minimum Gasteiger partial charge on any atom is -0.395 e. The predicted molar refractivity (Wildman–Crippen MR) is 77.5 cm³/mol. The molecule has 1 rings (SSSR count). The second-order valence-corrected chi connectivity index (χ2v) is 7.34. The molecule has 0 spiro atoms. The first-order valence-corrected chi connectivity index (χ1v) is 7.77. The van der Waals surface area contributed by atoms with Crippen LogP contribution in [0.3, 0.4) is 0 Å². The van der Waals surface area contributed by atoms with Gasteiger partial charge in [-0.1, -0.05) is 32.6 Å². The third-order valence-electron chi connectivity index (χ3n) is 2.29. The molecule has 5 nitrogen and oxygen atoms in total. The van der Waals surface area contributed by atoms with E-state index in [0.29, 0.717) is 18.5 Å². The first-order valence-electron chi connectivity index (χ1n) is 6.29. The fraction of sp³-hybridized carbons (Fsp3) is 0.500. The van der Waals surface area contributed by atoms with Gasteiger partial charge in [-0.25, -0.2) is 13.1 Å². The van der Waals surface area contributed by atoms with E-state index in [-0.39, 0.29) is 16.9 Å².